The molecule has 2 fully saturated rings. The molecule has 5 atom stereocenters. The highest BCUT2D eigenvalue weighted by Crippen LogP contribution is 2.47. The molecule has 3 aliphatic rings. The van der Waals surface area contributed by atoms with Gasteiger partial charge in [0, 0.05) is 18.9 Å². The number of carbonyl (C=O) groups is 2. The van der Waals surface area contributed by atoms with Gasteiger partial charge in [-0.1, -0.05) is 23.8 Å². The van der Waals surface area contributed by atoms with Crippen LogP contribution in [0.25, 0.3) is 0 Å². The van der Waals surface area contributed by atoms with Crippen LogP contribution in [0.15, 0.2) is 23.8 Å². The Kier molecular flexibility index (Phi) is 7.03. The highest BCUT2D eigenvalue weighted by molar-refractivity contribution is 5.69. The van der Waals surface area contributed by atoms with Crippen molar-refractivity contribution in [3.8, 4) is 0 Å². The van der Waals surface area contributed by atoms with Crippen molar-refractivity contribution < 1.29 is 23.8 Å². The second-order valence-electron chi connectivity index (χ2n) is 7.44. The zero-order valence-corrected chi connectivity index (χ0v) is 15.6. The minimum Gasteiger partial charge on any atom is -0.466 e. The molecule has 0 aromatic rings. The molecule has 1 aliphatic heterocycles. The second kappa shape index (κ2) is 9.47. The zero-order valence-electron chi connectivity index (χ0n) is 15.6. The van der Waals surface area contributed by atoms with Crippen molar-refractivity contribution in [2.45, 2.75) is 64.3 Å². The smallest absolute Gasteiger partial charge is 0.306 e. The van der Waals surface area contributed by atoms with Crippen LogP contribution in [-0.2, 0) is 23.8 Å². The zero-order chi connectivity index (χ0) is 18.4. The van der Waals surface area contributed by atoms with Gasteiger partial charge in [0.05, 0.1) is 12.7 Å². The topological polar surface area (TPSA) is 61.8 Å². The van der Waals surface area contributed by atoms with Gasteiger partial charge in [-0.25, -0.2) is 0 Å². The van der Waals surface area contributed by atoms with E-state index < -0.39 is 0 Å². The summed E-state index contributed by atoms with van der Waals surface area (Å²) >= 11 is 0. The van der Waals surface area contributed by atoms with E-state index in [0.29, 0.717) is 31.3 Å². The summed E-state index contributed by atoms with van der Waals surface area (Å²) in [5.41, 5.74) is 1.27. The number of rotatable bonds is 8. The summed E-state index contributed by atoms with van der Waals surface area (Å²) in [5.74, 6) is 0.543. The summed E-state index contributed by atoms with van der Waals surface area (Å²) in [6.07, 6.45) is 13.4. The number of ether oxygens (including phenoxy) is 3. The van der Waals surface area contributed by atoms with E-state index in [2.05, 4.69) is 12.2 Å². The molecule has 26 heavy (non-hydrogen) atoms. The third-order valence-electron chi connectivity index (χ3n) is 5.65. The Hall–Kier alpha value is -1.46. The van der Waals surface area contributed by atoms with Crippen LogP contribution < -0.4 is 0 Å². The van der Waals surface area contributed by atoms with Gasteiger partial charge in [0.2, 0.25) is 0 Å². The molecule has 3 rings (SSSR count). The van der Waals surface area contributed by atoms with Gasteiger partial charge in [-0.05, 0) is 57.3 Å². The van der Waals surface area contributed by atoms with Gasteiger partial charge in [0.25, 0.3) is 0 Å². The first kappa shape index (κ1) is 19.3. The molecule has 0 bridgehead atoms. The third-order valence-corrected chi connectivity index (χ3v) is 5.65. The molecule has 0 spiro atoms. The van der Waals surface area contributed by atoms with Gasteiger partial charge < -0.3 is 19.0 Å². The average Bonchev–Trinajstić information content (AvgIpc) is 3.16. The van der Waals surface area contributed by atoms with Crippen LogP contribution >= 0.6 is 0 Å². The minimum atomic E-state index is -0.152. The average molecular weight is 362 g/mol. The predicted octanol–water partition coefficient (Wildman–Crippen LogP) is 3.58. The van der Waals surface area contributed by atoms with Gasteiger partial charge in [0.1, 0.15) is 6.29 Å². The van der Waals surface area contributed by atoms with E-state index in [1.54, 1.807) is 0 Å². The fourth-order valence-electron chi connectivity index (χ4n) is 4.40. The quantitative estimate of drug-likeness (QED) is 0.488. The lowest BCUT2D eigenvalue weighted by Gasteiger charge is -2.28. The molecule has 0 aromatic heterocycles. The molecule has 1 saturated heterocycles. The molecule has 1 saturated carbocycles. The first-order valence-electron chi connectivity index (χ1n) is 9.96. The summed E-state index contributed by atoms with van der Waals surface area (Å²) in [6, 6.07) is 0. The summed E-state index contributed by atoms with van der Waals surface area (Å²) in [7, 11) is 0. The Labute approximate surface area is 155 Å². The summed E-state index contributed by atoms with van der Waals surface area (Å²) in [5, 5.41) is 0. The Balaban J connectivity index is 1.49. The number of allylic oxidation sites excluding steroid dienone is 4. The Morgan fingerprint density at radius 2 is 2.27 bits per heavy atom. The number of carbonyl (C=O) groups excluding carboxylic acids is 2. The van der Waals surface area contributed by atoms with Crippen molar-refractivity contribution in [3.63, 3.8) is 0 Å². The Morgan fingerprint density at radius 1 is 1.38 bits per heavy atom. The highest BCUT2D eigenvalue weighted by Gasteiger charge is 2.46. The lowest BCUT2D eigenvalue weighted by atomic mass is 9.91. The monoisotopic (exact) mass is 362 g/mol. The number of hydrogen-bond donors (Lipinski definition) is 0. The molecule has 0 N–H and O–H groups in total. The Morgan fingerprint density at radius 3 is 3.00 bits per heavy atom. The maximum atomic E-state index is 11.7. The van der Waals surface area contributed by atoms with E-state index in [-0.39, 0.29) is 24.3 Å². The van der Waals surface area contributed by atoms with Gasteiger partial charge in [-0.3, -0.25) is 4.79 Å². The molecule has 0 radical (unpaired) electrons. The van der Waals surface area contributed by atoms with Crippen molar-refractivity contribution >= 4 is 12.3 Å². The fourth-order valence-corrected chi connectivity index (χ4v) is 4.40. The first-order valence-corrected chi connectivity index (χ1v) is 9.96. The van der Waals surface area contributed by atoms with E-state index in [4.69, 9.17) is 14.2 Å². The van der Waals surface area contributed by atoms with Crippen LogP contribution in [0.4, 0.5) is 0 Å². The van der Waals surface area contributed by atoms with Crippen LogP contribution in [-0.4, -0.2) is 37.9 Å². The number of aldehydes is 1. The first-order chi connectivity index (χ1) is 12.7. The second-order valence-corrected chi connectivity index (χ2v) is 7.44. The van der Waals surface area contributed by atoms with Gasteiger partial charge in [-0.15, -0.1) is 0 Å². The van der Waals surface area contributed by atoms with Gasteiger partial charge in [-0.2, -0.15) is 0 Å². The van der Waals surface area contributed by atoms with E-state index in [1.807, 2.05) is 13.0 Å². The largest absolute Gasteiger partial charge is 0.466 e. The molecule has 5 heteroatoms. The van der Waals surface area contributed by atoms with Crippen molar-refractivity contribution in [1.82, 2.24) is 0 Å². The normalized spacial score (nSPS) is 33.9. The van der Waals surface area contributed by atoms with Crippen molar-refractivity contribution in [2.24, 2.45) is 17.8 Å². The maximum absolute atomic E-state index is 11.7. The minimum absolute atomic E-state index is 0.0174. The summed E-state index contributed by atoms with van der Waals surface area (Å²) < 4.78 is 16.7. The molecular formula is C21H30O5. The predicted molar refractivity (Wildman–Crippen MR) is 97.3 cm³/mol. The van der Waals surface area contributed by atoms with E-state index in [9.17, 15) is 9.59 Å². The van der Waals surface area contributed by atoms with Gasteiger partial charge >= 0.3 is 5.97 Å². The van der Waals surface area contributed by atoms with E-state index in [1.165, 1.54) is 5.57 Å². The third kappa shape index (κ3) is 4.83. The van der Waals surface area contributed by atoms with Crippen LogP contribution in [0.1, 0.15) is 51.9 Å². The van der Waals surface area contributed by atoms with Crippen molar-refractivity contribution in [3.05, 3.63) is 23.8 Å². The highest BCUT2D eigenvalue weighted by atomic mass is 16.7. The maximum Gasteiger partial charge on any atom is 0.306 e. The molecule has 1 unspecified atom stereocenters. The van der Waals surface area contributed by atoms with Crippen LogP contribution in [0.5, 0.6) is 0 Å². The number of esters is 1. The molecule has 2 aliphatic carbocycles. The van der Waals surface area contributed by atoms with E-state index in [0.717, 1.165) is 45.0 Å². The van der Waals surface area contributed by atoms with Crippen LogP contribution in [0, 0.1) is 17.8 Å². The molecule has 144 valence electrons. The molecule has 0 aromatic carbocycles. The lowest BCUT2D eigenvalue weighted by Crippen LogP contribution is -2.32. The summed E-state index contributed by atoms with van der Waals surface area (Å²) in [6.45, 7) is 3.01. The van der Waals surface area contributed by atoms with Crippen molar-refractivity contribution in [2.75, 3.05) is 13.2 Å². The lowest BCUT2D eigenvalue weighted by molar-refractivity contribution is -0.194. The molecule has 1 heterocycles. The standard InChI is InChI=1S/C21H30O5/c1-2-24-20(23)8-4-3-7-15-11-16-13-19(18(14-22)17(16)12-15)26-21-9-5-6-10-25-21/h3,7,11,14,16-19,21H,2,4-6,8-10,12-13H2,1H3/t16-,17-,18+,19+,21?/m0/s1. The summed E-state index contributed by atoms with van der Waals surface area (Å²) in [4.78, 5) is 23.0. The van der Waals surface area contributed by atoms with Crippen LogP contribution in [0.2, 0.25) is 0 Å². The molecule has 0 amide bonds. The van der Waals surface area contributed by atoms with Gasteiger partial charge in [0.15, 0.2) is 6.29 Å². The fraction of sp³-hybridized carbons (Fsp3) is 0.714. The SMILES string of the molecule is CCOC(=O)CCC=CC1=C[C@H]2C[C@@H](OC3CCCCO3)[C@H](C=O)[C@H]2C1. The van der Waals surface area contributed by atoms with Crippen molar-refractivity contribution in [1.29, 1.82) is 0 Å². The van der Waals surface area contributed by atoms with Crippen LogP contribution in [0.3, 0.4) is 0 Å². The molecule has 5 nitrogen and oxygen atoms in total. The molecular weight excluding hydrogens is 332 g/mol. The number of fused-ring (bicyclic) bond motifs is 1. The van der Waals surface area contributed by atoms with E-state index >= 15 is 0 Å². The Bertz CT molecular complexity index is 547. The number of hydrogen-bond acceptors (Lipinski definition) is 5.